The van der Waals surface area contributed by atoms with Crippen molar-refractivity contribution in [3.05, 3.63) is 35.6 Å². The van der Waals surface area contributed by atoms with E-state index in [4.69, 9.17) is 5.84 Å². The Kier molecular flexibility index (Phi) is 3.31. The summed E-state index contributed by atoms with van der Waals surface area (Å²) in [4.78, 5) is 10.8. The van der Waals surface area contributed by atoms with Crippen LogP contribution >= 0.6 is 0 Å². The lowest BCUT2D eigenvalue weighted by Gasteiger charge is -2.36. The van der Waals surface area contributed by atoms with Crippen LogP contribution in [0.1, 0.15) is 30.9 Å². The van der Waals surface area contributed by atoms with Crippen LogP contribution in [-0.2, 0) is 4.79 Å². The third-order valence-corrected chi connectivity index (χ3v) is 3.13. The molecule has 0 saturated carbocycles. The summed E-state index contributed by atoms with van der Waals surface area (Å²) in [5.74, 6) is 5.66. The van der Waals surface area contributed by atoms with Gasteiger partial charge in [-0.3, -0.25) is 5.84 Å². The van der Waals surface area contributed by atoms with Crippen molar-refractivity contribution < 1.29 is 9.18 Å². The third-order valence-electron chi connectivity index (χ3n) is 3.13. The molecule has 1 fully saturated rings. The zero-order valence-corrected chi connectivity index (χ0v) is 8.97. The SMILES string of the molecule is NN1C(C=O)CCCC1c1ccc(F)cc1. The van der Waals surface area contributed by atoms with E-state index in [-0.39, 0.29) is 17.9 Å². The molecule has 4 heteroatoms. The first-order valence-corrected chi connectivity index (χ1v) is 5.46. The minimum atomic E-state index is -0.255. The van der Waals surface area contributed by atoms with E-state index in [0.29, 0.717) is 0 Å². The molecular weight excluding hydrogens is 207 g/mol. The molecule has 2 unspecified atom stereocenters. The number of halogens is 1. The van der Waals surface area contributed by atoms with Gasteiger partial charge >= 0.3 is 0 Å². The van der Waals surface area contributed by atoms with E-state index in [1.54, 1.807) is 17.1 Å². The Bertz CT molecular complexity index is 366. The van der Waals surface area contributed by atoms with Crippen molar-refractivity contribution >= 4 is 6.29 Å². The monoisotopic (exact) mass is 222 g/mol. The van der Waals surface area contributed by atoms with Crippen LogP contribution in [0.5, 0.6) is 0 Å². The molecule has 86 valence electrons. The minimum Gasteiger partial charge on any atom is -0.302 e. The molecule has 1 aliphatic rings. The molecule has 2 rings (SSSR count). The van der Waals surface area contributed by atoms with Gasteiger partial charge < -0.3 is 4.79 Å². The molecule has 2 atom stereocenters. The third kappa shape index (κ3) is 2.13. The van der Waals surface area contributed by atoms with Gasteiger partial charge in [-0.1, -0.05) is 12.1 Å². The van der Waals surface area contributed by atoms with E-state index >= 15 is 0 Å². The molecule has 0 bridgehead atoms. The summed E-state index contributed by atoms with van der Waals surface area (Å²) in [5.41, 5.74) is 0.968. The molecule has 16 heavy (non-hydrogen) atoms. The van der Waals surface area contributed by atoms with Gasteiger partial charge in [0.25, 0.3) is 0 Å². The smallest absolute Gasteiger partial charge is 0.138 e. The maximum atomic E-state index is 12.8. The summed E-state index contributed by atoms with van der Waals surface area (Å²) in [7, 11) is 0. The highest BCUT2D eigenvalue weighted by Gasteiger charge is 2.28. The van der Waals surface area contributed by atoms with E-state index in [1.807, 2.05) is 0 Å². The molecule has 0 spiro atoms. The fourth-order valence-electron chi connectivity index (χ4n) is 2.21. The Morgan fingerprint density at radius 3 is 2.62 bits per heavy atom. The average Bonchev–Trinajstić information content (AvgIpc) is 2.31. The first-order chi connectivity index (χ1) is 7.72. The number of hydrogen-bond acceptors (Lipinski definition) is 3. The lowest BCUT2D eigenvalue weighted by molar-refractivity contribution is -0.115. The molecule has 1 heterocycles. The van der Waals surface area contributed by atoms with Gasteiger partial charge in [-0.2, -0.15) is 0 Å². The lowest BCUT2D eigenvalue weighted by Crippen LogP contribution is -2.47. The van der Waals surface area contributed by atoms with Crippen LogP contribution in [-0.4, -0.2) is 17.3 Å². The molecule has 1 aromatic rings. The fraction of sp³-hybridized carbons (Fsp3) is 0.417. The number of aldehydes is 1. The maximum absolute atomic E-state index is 12.8. The Morgan fingerprint density at radius 1 is 1.31 bits per heavy atom. The van der Waals surface area contributed by atoms with Gasteiger partial charge in [0, 0.05) is 6.04 Å². The summed E-state index contributed by atoms with van der Waals surface area (Å²) >= 11 is 0. The Hall–Kier alpha value is -1.26. The number of carbonyl (C=O) groups is 1. The van der Waals surface area contributed by atoms with Crippen LogP contribution < -0.4 is 5.84 Å². The quantitative estimate of drug-likeness (QED) is 0.613. The predicted octanol–water partition coefficient (Wildman–Crippen LogP) is 1.79. The highest BCUT2D eigenvalue weighted by atomic mass is 19.1. The maximum Gasteiger partial charge on any atom is 0.138 e. The number of rotatable bonds is 2. The molecule has 0 radical (unpaired) electrons. The number of carbonyl (C=O) groups excluding carboxylic acids is 1. The molecule has 1 aromatic carbocycles. The highest BCUT2D eigenvalue weighted by molar-refractivity contribution is 5.57. The number of nitrogens with two attached hydrogens (primary N) is 1. The molecular formula is C12H15FN2O. The van der Waals surface area contributed by atoms with Crippen molar-refractivity contribution in [1.29, 1.82) is 0 Å². The first kappa shape index (κ1) is 11.2. The van der Waals surface area contributed by atoms with Crippen LogP contribution in [0, 0.1) is 5.82 Å². The van der Waals surface area contributed by atoms with Crippen LogP contribution in [0.25, 0.3) is 0 Å². The van der Waals surface area contributed by atoms with E-state index in [2.05, 4.69) is 0 Å². The topological polar surface area (TPSA) is 46.3 Å². The predicted molar refractivity (Wildman–Crippen MR) is 58.9 cm³/mol. The standard InChI is InChI=1S/C12H15FN2O/c13-10-6-4-9(5-7-10)12-3-1-2-11(8-16)15(12)14/h4-8,11-12H,1-3,14H2. The van der Waals surface area contributed by atoms with Crippen LogP contribution in [0.15, 0.2) is 24.3 Å². The van der Waals surface area contributed by atoms with Gasteiger partial charge in [-0.05, 0) is 37.0 Å². The number of hydrogen-bond donors (Lipinski definition) is 1. The van der Waals surface area contributed by atoms with Crippen LogP contribution in [0.3, 0.4) is 0 Å². The zero-order valence-electron chi connectivity index (χ0n) is 8.97. The van der Waals surface area contributed by atoms with Crippen LogP contribution in [0.4, 0.5) is 4.39 Å². The van der Waals surface area contributed by atoms with Gasteiger partial charge in [0.15, 0.2) is 0 Å². The number of nitrogens with zero attached hydrogens (tertiary/aromatic N) is 1. The zero-order chi connectivity index (χ0) is 11.5. The fourth-order valence-corrected chi connectivity index (χ4v) is 2.21. The van der Waals surface area contributed by atoms with E-state index in [1.165, 1.54) is 12.1 Å². The van der Waals surface area contributed by atoms with Gasteiger partial charge in [-0.15, -0.1) is 0 Å². The largest absolute Gasteiger partial charge is 0.302 e. The molecule has 2 N–H and O–H groups in total. The van der Waals surface area contributed by atoms with Gasteiger partial charge in [0.2, 0.25) is 0 Å². The van der Waals surface area contributed by atoms with Gasteiger partial charge in [0.05, 0.1) is 6.04 Å². The first-order valence-electron chi connectivity index (χ1n) is 5.46. The second-order valence-electron chi connectivity index (χ2n) is 4.15. The number of benzene rings is 1. The van der Waals surface area contributed by atoms with Crippen molar-refractivity contribution in [1.82, 2.24) is 5.01 Å². The van der Waals surface area contributed by atoms with E-state index in [9.17, 15) is 9.18 Å². The molecule has 0 amide bonds. The van der Waals surface area contributed by atoms with E-state index < -0.39 is 0 Å². The lowest BCUT2D eigenvalue weighted by atomic mass is 9.93. The molecule has 3 nitrogen and oxygen atoms in total. The highest BCUT2D eigenvalue weighted by Crippen LogP contribution is 2.31. The summed E-state index contributed by atoms with van der Waals surface area (Å²) in [6, 6.07) is 6.11. The van der Waals surface area contributed by atoms with Crippen molar-refractivity contribution in [2.75, 3.05) is 0 Å². The van der Waals surface area contributed by atoms with Crippen molar-refractivity contribution in [3.8, 4) is 0 Å². The van der Waals surface area contributed by atoms with Gasteiger partial charge in [0.1, 0.15) is 12.1 Å². The molecule has 0 aliphatic carbocycles. The summed E-state index contributed by atoms with van der Waals surface area (Å²) in [6.45, 7) is 0. The molecule has 1 aliphatic heterocycles. The Morgan fingerprint density at radius 2 is 2.00 bits per heavy atom. The number of hydrazine groups is 1. The second kappa shape index (κ2) is 4.72. The minimum absolute atomic E-state index is 0.0181. The molecule has 0 aromatic heterocycles. The summed E-state index contributed by atoms with van der Waals surface area (Å²) < 4.78 is 12.8. The van der Waals surface area contributed by atoms with Crippen molar-refractivity contribution in [2.24, 2.45) is 5.84 Å². The van der Waals surface area contributed by atoms with Gasteiger partial charge in [-0.25, -0.2) is 9.40 Å². The second-order valence-corrected chi connectivity index (χ2v) is 4.15. The Balaban J connectivity index is 2.19. The summed E-state index contributed by atoms with van der Waals surface area (Å²) in [5, 5.41) is 1.59. The van der Waals surface area contributed by atoms with Crippen molar-refractivity contribution in [3.63, 3.8) is 0 Å². The van der Waals surface area contributed by atoms with E-state index in [0.717, 1.165) is 31.1 Å². The number of piperidine rings is 1. The van der Waals surface area contributed by atoms with Crippen LogP contribution in [0.2, 0.25) is 0 Å². The summed E-state index contributed by atoms with van der Waals surface area (Å²) in [6.07, 6.45) is 3.57. The Labute approximate surface area is 94.0 Å². The van der Waals surface area contributed by atoms with Crippen molar-refractivity contribution in [2.45, 2.75) is 31.3 Å². The normalized spacial score (nSPS) is 26.6. The average molecular weight is 222 g/mol. The molecule has 1 saturated heterocycles.